The zero-order valence-corrected chi connectivity index (χ0v) is 14.2. The van der Waals surface area contributed by atoms with E-state index in [1.54, 1.807) is 0 Å². The minimum absolute atomic E-state index is 0.164. The molecule has 0 aromatic heterocycles. The van der Waals surface area contributed by atoms with Crippen molar-refractivity contribution < 1.29 is 19.1 Å². The molecule has 0 bridgehead atoms. The summed E-state index contributed by atoms with van der Waals surface area (Å²) in [6, 6.07) is 7.99. The minimum atomic E-state index is -1.08. The molecular formula is C17H25N3O4. The summed E-state index contributed by atoms with van der Waals surface area (Å²) in [5, 5.41) is 5.14. The summed E-state index contributed by atoms with van der Waals surface area (Å²) in [5.41, 5.74) is 6.07. The topological polar surface area (TPSA) is 111 Å². The Hall–Kier alpha value is -2.57. The van der Waals surface area contributed by atoms with Crippen LogP contribution in [-0.4, -0.2) is 30.6 Å². The van der Waals surface area contributed by atoms with E-state index in [0.717, 1.165) is 5.56 Å². The molecule has 132 valence electrons. The van der Waals surface area contributed by atoms with Crippen LogP contribution in [0, 0.1) is 5.92 Å². The van der Waals surface area contributed by atoms with Crippen LogP contribution < -0.4 is 16.4 Å². The lowest BCUT2D eigenvalue weighted by Crippen LogP contribution is -2.49. The molecule has 2 atom stereocenters. The second-order valence-corrected chi connectivity index (χ2v) is 6.00. The van der Waals surface area contributed by atoms with Gasteiger partial charge in [-0.1, -0.05) is 44.2 Å². The zero-order valence-electron chi connectivity index (χ0n) is 14.2. The largest absolute Gasteiger partial charge is 0.449 e. The third kappa shape index (κ3) is 7.13. The highest BCUT2D eigenvalue weighted by Crippen LogP contribution is 2.11. The molecule has 3 amide bonds. The van der Waals surface area contributed by atoms with E-state index >= 15 is 0 Å². The van der Waals surface area contributed by atoms with Crippen molar-refractivity contribution in [1.82, 2.24) is 10.6 Å². The number of nitrogens with one attached hydrogen (secondary N) is 2. The molecule has 1 aromatic rings. The Morgan fingerprint density at radius 3 is 2.25 bits per heavy atom. The van der Waals surface area contributed by atoms with Crippen molar-refractivity contribution in [3.05, 3.63) is 35.9 Å². The van der Waals surface area contributed by atoms with Gasteiger partial charge in [0.15, 0.2) is 0 Å². The van der Waals surface area contributed by atoms with Gasteiger partial charge in [-0.3, -0.25) is 9.59 Å². The van der Waals surface area contributed by atoms with Gasteiger partial charge in [0, 0.05) is 0 Å². The molecule has 4 N–H and O–H groups in total. The molecule has 1 rings (SSSR count). The molecule has 7 nitrogen and oxygen atoms in total. The molecule has 0 saturated heterocycles. The summed E-state index contributed by atoms with van der Waals surface area (Å²) >= 11 is 0. The van der Waals surface area contributed by atoms with E-state index in [1.165, 1.54) is 0 Å². The normalized spacial score (nSPS) is 13.0. The second kappa shape index (κ2) is 9.54. The molecule has 24 heavy (non-hydrogen) atoms. The highest BCUT2D eigenvalue weighted by Gasteiger charge is 2.25. The van der Waals surface area contributed by atoms with Crippen LogP contribution in [0.15, 0.2) is 30.3 Å². The summed E-state index contributed by atoms with van der Waals surface area (Å²) in [6.45, 7) is 5.81. The Labute approximate surface area is 141 Å². The van der Waals surface area contributed by atoms with E-state index in [1.807, 2.05) is 51.1 Å². The van der Waals surface area contributed by atoms with Crippen LogP contribution in [0.2, 0.25) is 0 Å². The average molecular weight is 335 g/mol. The van der Waals surface area contributed by atoms with Gasteiger partial charge in [-0.05, 0) is 18.4 Å². The van der Waals surface area contributed by atoms with Gasteiger partial charge in [0.1, 0.15) is 6.04 Å². The van der Waals surface area contributed by atoms with Crippen molar-refractivity contribution in [2.45, 2.75) is 39.3 Å². The second-order valence-electron chi connectivity index (χ2n) is 6.00. The van der Waals surface area contributed by atoms with Gasteiger partial charge in [0.05, 0.1) is 19.1 Å². The fourth-order valence-corrected chi connectivity index (χ4v) is 1.98. The van der Waals surface area contributed by atoms with E-state index in [9.17, 15) is 14.4 Å². The van der Waals surface area contributed by atoms with Gasteiger partial charge in [-0.15, -0.1) is 0 Å². The maximum Gasteiger partial charge on any atom is 0.407 e. The van der Waals surface area contributed by atoms with Crippen LogP contribution in [0.3, 0.4) is 0 Å². The molecule has 1 aromatic carbocycles. The van der Waals surface area contributed by atoms with Crippen LogP contribution in [-0.2, 0) is 14.3 Å². The molecule has 0 spiro atoms. The molecule has 0 aliphatic carbocycles. The van der Waals surface area contributed by atoms with Gasteiger partial charge >= 0.3 is 6.09 Å². The number of nitrogens with two attached hydrogens (primary N) is 1. The highest BCUT2D eigenvalue weighted by molar-refractivity contribution is 5.90. The van der Waals surface area contributed by atoms with Crippen LogP contribution in [0.5, 0.6) is 0 Å². The van der Waals surface area contributed by atoms with Crippen molar-refractivity contribution in [2.75, 3.05) is 6.61 Å². The molecule has 0 fully saturated rings. The Bertz CT molecular complexity index is 560. The number of carbonyl (C=O) groups is 3. The molecule has 0 saturated carbocycles. The smallest absolute Gasteiger partial charge is 0.407 e. The first-order valence-electron chi connectivity index (χ1n) is 7.86. The lowest BCUT2D eigenvalue weighted by molar-refractivity contribution is -0.127. The number of ether oxygens (including phenoxy) is 1. The molecular weight excluding hydrogens is 310 g/mol. The maximum absolute atomic E-state index is 12.3. The number of primary amides is 1. The fourth-order valence-electron chi connectivity index (χ4n) is 1.98. The van der Waals surface area contributed by atoms with Gasteiger partial charge in [-0.2, -0.15) is 0 Å². The maximum atomic E-state index is 12.3. The predicted octanol–water partition coefficient (Wildman–Crippen LogP) is 1.49. The Balaban J connectivity index is 2.67. The molecule has 0 radical (unpaired) electrons. The fraction of sp³-hybridized carbons (Fsp3) is 0.471. The predicted molar refractivity (Wildman–Crippen MR) is 89.9 cm³/mol. The van der Waals surface area contributed by atoms with Crippen LogP contribution in [0.1, 0.15) is 38.8 Å². The first-order chi connectivity index (χ1) is 11.3. The third-order valence-electron chi connectivity index (χ3n) is 3.22. The average Bonchev–Trinajstić information content (AvgIpc) is 2.52. The van der Waals surface area contributed by atoms with Crippen LogP contribution in [0.4, 0.5) is 4.79 Å². The number of carbonyl (C=O) groups excluding carboxylic acids is 3. The number of rotatable bonds is 8. The summed E-state index contributed by atoms with van der Waals surface area (Å²) < 4.78 is 4.97. The lowest BCUT2D eigenvalue weighted by Gasteiger charge is -2.21. The summed E-state index contributed by atoms with van der Waals surface area (Å²) in [5.74, 6) is -1.02. The van der Waals surface area contributed by atoms with E-state index in [2.05, 4.69) is 10.6 Å². The number of hydrogen-bond donors (Lipinski definition) is 3. The summed E-state index contributed by atoms with van der Waals surface area (Å²) in [4.78, 5) is 35.2. The van der Waals surface area contributed by atoms with Crippen molar-refractivity contribution in [1.29, 1.82) is 0 Å². The number of benzene rings is 1. The van der Waals surface area contributed by atoms with Crippen LogP contribution >= 0.6 is 0 Å². The van der Waals surface area contributed by atoms with Gasteiger partial charge in [0.2, 0.25) is 11.8 Å². The van der Waals surface area contributed by atoms with Crippen molar-refractivity contribution >= 4 is 17.9 Å². The monoisotopic (exact) mass is 335 g/mol. The molecule has 0 unspecified atom stereocenters. The molecule has 7 heteroatoms. The first-order valence-corrected chi connectivity index (χ1v) is 7.86. The van der Waals surface area contributed by atoms with Gasteiger partial charge < -0.3 is 21.1 Å². The van der Waals surface area contributed by atoms with Crippen molar-refractivity contribution in [3.63, 3.8) is 0 Å². The van der Waals surface area contributed by atoms with Gasteiger partial charge in [0.25, 0.3) is 0 Å². The minimum Gasteiger partial charge on any atom is -0.449 e. The van der Waals surface area contributed by atoms with E-state index in [0.29, 0.717) is 0 Å². The molecule has 0 aliphatic heterocycles. The Morgan fingerprint density at radius 2 is 1.71 bits per heavy atom. The zero-order chi connectivity index (χ0) is 18.1. The van der Waals surface area contributed by atoms with Crippen molar-refractivity contribution in [2.24, 2.45) is 11.7 Å². The summed E-state index contributed by atoms with van der Waals surface area (Å²) in [6.07, 6.45) is -1.05. The Morgan fingerprint density at radius 1 is 1.08 bits per heavy atom. The Kier molecular flexibility index (Phi) is 7.74. The van der Waals surface area contributed by atoms with E-state index in [4.69, 9.17) is 10.5 Å². The van der Waals surface area contributed by atoms with Gasteiger partial charge in [-0.25, -0.2) is 4.79 Å². The van der Waals surface area contributed by atoms with Crippen LogP contribution in [0.25, 0.3) is 0 Å². The van der Waals surface area contributed by atoms with E-state index < -0.39 is 23.9 Å². The number of alkyl carbamates (subject to hydrolysis) is 1. The number of hydrogen-bond acceptors (Lipinski definition) is 4. The van der Waals surface area contributed by atoms with E-state index in [-0.39, 0.29) is 25.0 Å². The van der Waals surface area contributed by atoms with Crippen molar-refractivity contribution in [3.8, 4) is 0 Å². The standard InChI is InChI=1S/C17H25N3O4/c1-11(2)10-24-17(23)20-14(9-15(18)21)16(22)19-12(3)13-7-5-4-6-8-13/h4-8,11-12,14H,9-10H2,1-3H3,(H2,18,21)(H,19,22)(H,20,23)/t12-,14-/m1/s1. The SMILES string of the molecule is CC(C)COC(=O)N[C@H](CC(N)=O)C(=O)N[C@H](C)c1ccccc1. The molecule has 0 heterocycles. The third-order valence-corrected chi connectivity index (χ3v) is 3.22. The summed E-state index contributed by atoms with van der Waals surface area (Å²) in [7, 11) is 0. The number of amides is 3. The lowest BCUT2D eigenvalue weighted by atomic mass is 10.1. The highest BCUT2D eigenvalue weighted by atomic mass is 16.5. The molecule has 0 aliphatic rings. The first kappa shape index (κ1) is 19.5. The quantitative estimate of drug-likeness (QED) is 0.668.